The van der Waals surface area contributed by atoms with Crippen LogP contribution in [-0.4, -0.2) is 16.5 Å². The van der Waals surface area contributed by atoms with E-state index in [4.69, 9.17) is 0 Å². The van der Waals surface area contributed by atoms with Crippen molar-refractivity contribution in [2.24, 2.45) is 0 Å². The number of halogens is 1. The first kappa shape index (κ1) is 13.0. The number of rotatable bonds is 4. The monoisotopic (exact) mass is 287 g/mol. The van der Waals surface area contributed by atoms with Crippen molar-refractivity contribution in [2.45, 2.75) is 13.3 Å². The van der Waals surface area contributed by atoms with E-state index in [9.17, 15) is 4.39 Å². The fraction of sp³-hybridized carbons (Fsp3) is 0.200. The Morgan fingerprint density at radius 3 is 2.95 bits per heavy atom. The van der Waals surface area contributed by atoms with Crippen molar-refractivity contribution >= 4 is 27.4 Å². The normalized spacial score (nSPS) is 10.9. The van der Waals surface area contributed by atoms with Gasteiger partial charge in [-0.25, -0.2) is 14.4 Å². The molecule has 3 aromatic rings. The molecular weight excluding hydrogens is 273 g/mol. The summed E-state index contributed by atoms with van der Waals surface area (Å²) in [6.07, 6.45) is 0.532. The zero-order valence-corrected chi connectivity index (χ0v) is 11.9. The fourth-order valence-corrected chi connectivity index (χ4v) is 2.89. The SMILES string of the molecule is CCNc1nc(Cc2cccc(F)c2)nc2sccc12. The number of benzene rings is 1. The number of fused-ring (bicyclic) bond motifs is 1. The Morgan fingerprint density at radius 2 is 2.15 bits per heavy atom. The van der Waals surface area contributed by atoms with Crippen LogP contribution in [0.5, 0.6) is 0 Å². The van der Waals surface area contributed by atoms with Gasteiger partial charge in [0.15, 0.2) is 0 Å². The van der Waals surface area contributed by atoms with Crippen molar-refractivity contribution in [3.63, 3.8) is 0 Å². The van der Waals surface area contributed by atoms with Gasteiger partial charge in [-0.05, 0) is 36.1 Å². The van der Waals surface area contributed by atoms with Gasteiger partial charge >= 0.3 is 0 Å². The first-order valence-corrected chi connectivity index (χ1v) is 7.36. The van der Waals surface area contributed by atoms with E-state index in [0.717, 1.165) is 28.1 Å². The van der Waals surface area contributed by atoms with Crippen LogP contribution in [-0.2, 0) is 6.42 Å². The average molecular weight is 287 g/mol. The minimum atomic E-state index is -0.230. The van der Waals surface area contributed by atoms with Crippen LogP contribution in [0.25, 0.3) is 10.2 Å². The highest BCUT2D eigenvalue weighted by Crippen LogP contribution is 2.25. The summed E-state index contributed by atoms with van der Waals surface area (Å²) in [5.41, 5.74) is 0.878. The zero-order chi connectivity index (χ0) is 13.9. The van der Waals surface area contributed by atoms with Gasteiger partial charge in [-0.15, -0.1) is 11.3 Å². The summed E-state index contributed by atoms with van der Waals surface area (Å²) >= 11 is 1.59. The number of anilines is 1. The lowest BCUT2D eigenvalue weighted by Gasteiger charge is -2.07. The lowest BCUT2D eigenvalue weighted by atomic mass is 10.1. The summed E-state index contributed by atoms with van der Waals surface area (Å²) in [4.78, 5) is 10.1. The molecule has 1 N–H and O–H groups in total. The Balaban J connectivity index is 1.98. The standard InChI is InChI=1S/C15H14FN3S/c1-2-17-14-12-6-7-20-15(12)19-13(18-14)9-10-4-3-5-11(16)8-10/h3-8H,2,9H2,1H3,(H,17,18,19). The maximum atomic E-state index is 13.2. The smallest absolute Gasteiger partial charge is 0.138 e. The van der Waals surface area contributed by atoms with Gasteiger partial charge in [-0.2, -0.15) is 0 Å². The fourth-order valence-electron chi connectivity index (χ4n) is 2.11. The van der Waals surface area contributed by atoms with Gasteiger partial charge < -0.3 is 5.32 Å². The van der Waals surface area contributed by atoms with Crippen LogP contribution in [0.2, 0.25) is 0 Å². The second kappa shape index (κ2) is 5.54. The van der Waals surface area contributed by atoms with E-state index in [1.54, 1.807) is 17.4 Å². The highest BCUT2D eigenvalue weighted by atomic mass is 32.1. The molecule has 0 atom stereocenters. The number of nitrogens with zero attached hydrogens (tertiary/aromatic N) is 2. The van der Waals surface area contributed by atoms with Crippen LogP contribution in [0.3, 0.4) is 0 Å². The van der Waals surface area contributed by atoms with Crippen molar-refractivity contribution in [3.05, 3.63) is 52.9 Å². The van der Waals surface area contributed by atoms with Crippen molar-refractivity contribution in [1.29, 1.82) is 0 Å². The Morgan fingerprint density at radius 1 is 1.25 bits per heavy atom. The first-order chi connectivity index (χ1) is 9.76. The van der Waals surface area contributed by atoms with Gasteiger partial charge in [0.25, 0.3) is 0 Å². The molecule has 20 heavy (non-hydrogen) atoms. The number of aromatic nitrogens is 2. The second-order valence-electron chi connectivity index (χ2n) is 4.46. The topological polar surface area (TPSA) is 37.8 Å². The highest BCUT2D eigenvalue weighted by Gasteiger charge is 2.09. The van der Waals surface area contributed by atoms with Crippen LogP contribution < -0.4 is 5.32 Å². The maximum absolute atomic E-state index is 13.2. The number of thiophene rings is 1. The van der Waals surface area contributed by atoms with E-state index in [-0.39, 0.29) is 5.82 Å². The third kappa shape index (κ3) is 2.63. The summed E-state index contributed by atoms with van der Waals surface area (Å²) in [7, 11) is 0. The third-order valence-electron chi connectivity index (χ3n) is 2.97. The lowest BCUT2D eigenvalue weighted by Crippen LogP contribution is -2.04. The lowest BCUT2D eigenvalue weighted by molar-refractivity contribution is 0.626. The van der Waals surface area contributed by atoms with Gasteiger partial charge in [-0.3, -0.25) is 0 Å². The summed E-state index contributed by atoms with van der Waals surface area (Å²) in [5, 5.41) is 6.30. The summed E-state index contributed by atoms with van der Waals surface area (Å²) in [6, 6.07) is 8.58. The number of hydrogen-bond donors (Lipinski definition) is 1. The third-order valence-corrected chi connectivity index (χ3v) is 3.77. The molecule has 2 aromatic heterocycles. The number of hydrogen-bond acceptors (Lipinski definition) is 4. The molecule has 0 spiro atoms. The molecule has 0 aliphatic carbocycles. The molecule has 0 saturated heterocycles. The molecule has 0 aliphatic rings. The Labute approximate surface area is 120 Å². The summed E-state index contributed by atoms with van der Waals surface area (Å²) in [5.74, 6) is 1.33. The van der Waals surface area contributed by atoms with E-state index in [1.165, 1.54) is 12.1 Å². The summed E-state index contributed by atoms with van der Waals surface area (Å²) in [6.45, 7) is 2.84. The van der Waals surface area contributed by atoms with E-state index in [0.29, 0.717) is 12.2 Å². The molecule has 0 radical (unpaired) electrons. The van der Waals surface area contributed by atoms with Crippen molar-refractivity contribution in [3.8, 4) is 0 Å². The Hall–Kier alpha value is -2.01. The molecule has 0 amide bonds. The highest BCUT2D eigenvalue weighted by molar-refractivity contribution is 7.16. The van der Waals surface area contributed by atoms with E-state index in [1.807, 2.05) is 24.4 Å². The first-order valence-electron chi connectivity index (χ1n) is 6.48. The maximum Gasteiger partial charge on any atom is 0.138 e. The molecule has 0 unspecified atom stereocenters. The van der Waals surface area contributed by atoms with Crippen LogP contribution in [0.4, 0.5) is 10.2 Å². The van der Waals surface area contributed by atoms with Crippen LogP contribution in [0, 0.1) is 5.82 Å². The summed E-state index contributed by atoms with van der Waals surface area (Å²) < 4.78 is 13.2. The zero-order valence-electron chi connectivity index (χ0n) is 11.1. The number of nitrogens with one attached hydrogen (secondary N) is 1. The van der Waals surface area contributed by atoms with Crippen molar-refractivity contribution in [1.82, 2.24) is 9.97 Å². The largest absolute Gasteiger partial charge is 0.370 e. The average Bonchev–Trinajstić information content (AvgIpc) is 2.87. The van der Waals surface area contributed by atoms with Crippen LogP contribution >= 0.6 is 11.3 Å². The van der Waals surface area contributed by atoms with Gasteiger partial charge in [0.1, 0.15) is 22.3 Å². The van der Waals surface area contributed by atoms with E-state index < -0.39 is 0 Å². The van der Waals surface area contributed by atoms with Crippen LogP contribution in [0.15, 0.2) is 35.7 Å². The predicted octanol–water partition coefficient (Wildman–Crippen LogP) is 3.85. The van der Waals surface area contributed by atoms with Gasteiger partial charge in [-0.1, -0.05) is 12.1 Å². The quantitative estimate of drug-likeness (QED) is 0.792. The molecule has 0 saturated carbocycles. The molecule has 5 heteroatoms. The minimum absolute atomic E-state index is 0.230. The molecule has 2 heterocycles. The molecule has 0 aliphatic heterocycles. The van der Waals surface area contributed by atoms with Crippen LogP contribution in [0.1, 0.15) is 18.3 Å². The predicted molar refractivity (Wildman–Crippen MR) is 80.8 cm³/mol. The second-order valence-corrected chi connectivity index (χ2v) is 5.36. The molecule has 3 rings (SSSR count). The Bertz CT molecular complexity index is 739. The molecule has 102 valence electrons. The van der Waals surface area contributed by atoms with Gasteiger partial charge in [0.2, 0.25) is 0 Å². The minimum Gasteiger partial charge on any atom is -0.370 e. The van der Waals surface area contributed by atoms with Crippen molar-refractivity contribution in [2.75, 3.05) is 11.9 Å². The molecule has 0 fully saturated rings. The van der Waals surface area contributed by atoms with Crippen molar-refractivity contribution < 1.29 is 4.39 Å². The van der Waals surface area contributed by atoms with Gasteiger partial charge in [0, 0.05) is 13.0 Å². The molecule has 3 nitrogen and oxygen atoms in total. The van der Waals surface area contributed by atoms with Gasteiger partial charge in [0.05, 0.1) is 5.39 Å². The Kier molecular flexibility index (Phi) is 3.60. The van der Waals surface area contributed by atoms with E-state index >= 15 is 0 Å². The van der Waals surface area contributed by atoms with E-state index in [2.05, 4.69) is 15.3 Å². The molecule has 0 bridgehead atoms. The molecule has 1 aromatic carbocycles. The molecular formula is C15H14FN3S.